The molecule has 96 valence electrons. The van der Waals surface area contributed by atoms with Crippen molar-refractivity contribution in [3.8, 4) is 0 Å². The fraction of sp³-hybridized carbons (Fsp3) is 0.636. The number of amides is 1. The van der Waals surface area contributed by atoms with Gasteiger partial charge in [-0.2, -0.15) is 4.37 Å². The highest BCUT2D eigenvalue weighted by molar-refractivity contribution is 7.11. The summed E-state index contributed by atoms with van der Waals surface area (Å²) in [4.78, 5) is 11.2. The van der Waals surface area contributed by atoms with Gasteiger partial charge < -0.3 is 16.8 Å². The average Bonchev–Trinajstić information content (AvgIpc) is 2.56. The Balaban J connectivity index is 2.65. The number of hydrogen-bond acceptors (Lipinski definition) is 5. The molecular formula is C11H20N4OS. The minimum Gasteiger partial charge on any atom is -0.382 e. The van der Waals surface area contributed by atoms with E-state index in [1.54, 1.807) is 0 Å². The summed E-state index contributed by atoms with van der Waals surface area (Å²) in [6.45, 7) is 6.45. The second kappa shape index (κ2) is 5.86. The van der Waals surface area contributed by atoms with Crippen LogP contribution < -0.4 is 16.8 Å². The highest BCUT2D eigenvalue weighted by atomic mass is 32.1. The molecule has 0 spiro atoms. The van der Waals surface area contributed by atoms with Crippen LogP contribution in [0.4, 0.5) is 10.8 Å². The van der Waals surface area contributed by atoms with Crippen LogP contribution >= 0.6 is 11.5 Å². The summed E-state index contributed by atoms with van der Waals surface area (Å²) >= 11 is 1.18. The van der Waals surface area contributed by atoms with E-state index in [-0.39, 0.29) is 11.9 Å². The van der Waals surface area contributed by atoms with Crippen LogP contribution in [-0.4, -0.2) is 16.3 Å². The van der Waals surface area contributed by atoms with Crippen LogP contribution in [0, 0.1) is 5.92 Å². The maximum Gasteiger partial charge on any atom is 0.255 e. The van der Waals surface area contributed by atoms with Gasteiger partial charge in [-0.3, -0.25) is 4.79 Å². The van der Waals surface area contributed by atoms with E-state index < -0.39 is 5.91 Å². The highest BCUT2D eigenvalue weighted by Gasteiger charge is 2.17. The number of carbonyl (C=O) groups excluding carboxylic acids is 1. The van der Waals surface area contributed by atoms with Crippen molar-refractivity contribution < 1.29 is 4.79 Å². The van der Waals surface area contributed by atoms with Crippen LogP contribution in [0.25, 0.3) is 0 Å². The van der Waals surface area contributed by atoms with Gasteiger partial charge in [0.1, 0.15) is 10.6 Å². The quantitative estimate of drug-likeness (QED) is 0.726. The fourth-order valence-corrected chi connectivity index (χ4v) is 2.35. The average molecular weight is 256 g/mol. The summed E-state index contributed by atoms with van der Waals surface area (Å²) < 4.78 is 3.94. The number of primary amides is 1. The molecule has 0 aliphatic carbocycles. The molecule has 0 radical (unpaired) electrons. The summed E-state index contributed by atoms with van der Waals surface area (Å²) in [5.41, 5.74) is 11.2. The number of nitrogens with one attached hydrogen (secondary N) is 1. The highest BCUT2D eigenvalue weighted by Crippen LogP contribution is 2.27. The standard InChI is InChI=1S/C11H20N4OS/c1-6(2)4-5-7(3)14-11-8(10(13)16)9(12)15-17-11/h6-7,14H,4-5H2,1-3H3,(H2,12,15)(H2,13,16). The normalized spacial score (nSPS) is 12.7. The molecule has 0 aliphatic rings. The molecule has 1 amide bonds. The third-order valence-electron chi connectivity index (χ3n) is 2.52. The summed E-state index contributed by atoms with van der Waals surface area (Å²) in [6.07, 6.45) is 2.17. The monoisotopic (exact) mass is 256 g/mol. The lowest BCUT2D eigenvalue weighted by molar-refractivity contribution is 0.100. The van der Waals surface area contributed by atoms with Crippen molar-refractivity contribution in [3.05, 3.63) is 5.56 Å². The van der Waals surface area contributed by atoms with E-state index in [4.69, 9.17) is 11.5 Å². The molecule has 1 atom stereocenters. The number of nitrogens with two attached hydrogens (primary N) is 2. The number of nitrogen functional groups attached to an aromatic ring is 1. The Labute approximate surface area is 106 Å². The summed E-state index contributed by atoms with van der Waals surface area (Å²) in [5.74, 6) is 0.345. The number of hydrogen-bond donors (Lipinski definition) is 3. The maximum atomic E-state index is 11.2. The predicted octanol–water partition coefficient (Wildman–Crippen LogP) is 2.06. The minimum atomic E-state index is -0.533. The Kier molecular flexibility index (Phi) is 4.74. The summed E-state index contributed by atoms with van der Waals surface area (Å²) in [5, 5.41) is 3.92. The molecule has 0 aromatic carbocycles. The van der Waals surface area contributed by atoms with E-state index in [1.165, 1.54) is 11.5 Å². The van der Waals surface area contributed by atoms with Crippen molar-refractivity contribution in [1.82, 2.24) is 4.37 Å². The van der Waals surface area contributed by atoms with Gasteiger partial charge in [0.25, 0.3) is 5.91 Å². The molecule has 1 heterocycles. The van der Waals surface area contributed by atoms with Crippen LogP contribution in [0.1, 0.15) is 44.0 Å². The lowest BCUT2D eigenvalue weighted by Crippen LogP contribution is -2.19. The first-order valence-corrected chi connectivity index (χ1v) is 6.50. The third-order valence-corrected chi connectivity index (χ3v) is 3.31. The van der Waals surface area contributed by atoms with Gasteiger partial charge >= 0.3 is 0 Å². The Bertz CT molecular complexity index is 389. The largest absolute Gasteiger partial charge is 0.382 e. The molecule has 0 fully saturated rings. The molecule has 17 heavy (non-hydrogen) atoms. The number of carbonyl (C=O) groups is 1. The van der Waals surface area contributed by atoms with Gasteiger partial charge in [-0.1, -0.05) is 13.8 Å². The zero-order chi connectivity index (χ0) is 13.0. The Morgan fingerprint density at radius 3 is 2.59 bits per heavy atom. The molecule has 0 aliphatic heterocycles. The Morgan fingerprint density at radius 2 is 2.06 bits per heavy atom. The molecule has 5 N–H and O–H groups in total. The van der Waals surface area contributed by atoms with Crippen LogP contribution in [-0.2, 0) is 0 Å². The predicted molar refractivity (Wildman–Crippen MR) is 72.2 cm³/mol. The molecule has 0 saturated heterocycles. The molecule has 6 heteroatoms. The van der Waals surface area contributed by atoms with Gasteiger partial charge in [-0.25, -0.2) is 0 Å². The minimum absolute atomic E-state index is 0.209. The Morgan fingerprint density at radius 1 is 1.41 bits per heavy atom. The molecule has 5 nitrogen and oxygen atoms in total. The third kappa shape index (κ3) is 3.89. The lowest BCUT2D eigenvalue weighted by atomic mass is 10.0. The lowest BCUT2D eigenvalue weighted by Gasteiger charge is -2.15. The van der Waals surface area contributed by atoms with E-state index in [9.17, 15) is 4.79 Å². The van der Waals surface area contributed by atoms with Gasteiger partial charge in [0.2, 0.25) is 0 Å². The molecule has 0 saturated carbocycles. The number of nitrogens with zero attached hydrogens (tertiary/aromatic N) is 1. The van der Waals surface area contributed by atoms with E-state index >= 15 is 0 Å². The molecule has 0 bridgehead atoms. The van der Waals surface area contributed by atoms with Gasteiger partial charge in [-0.15, -0.1) is 0 Å². The van der Waals surface area contributed by atoms with Crippen molar-refractivity contribution in [1.29, 1.82) is 0 Å². The van der Waals surface area contributed by atoms with Crippen molar-refractivity contribution in [2.45, 2.75) is 39.7 Å². The van der Waals surface area contributed by atoms with Gasteiger partial charge in [-0.05, 0) is 37.2 Å². The Hall–Kier alpha value is -1.30. The smallest absolute Gasteiger partial charge is 0.255 e. The van der Waals surface area contributed by atoms with Crippen molar-refractivity contribution in [2.24, 2.45) is 11.7 Å². The van der Waals surface area contributed by atoms with E-state index in [0.717, 1.165) is 12.8 Å². The van der Waals surface area contributed by atoms with Crippen LogP contribution in [0.15, 0.2) is 0 Å². The molecule has 1 aromatic heterocycles. The number of aromatic nitrogens is 1. The number of anilines is 2. The second-order valence-corrected chi connectivity index (χ2v) is 5.43. The fourth-order valence-electron chi connectivity index (χ4n) is 1.52. The topological polar surface area (TPSA) is 94.0 Å². The zero-order valence-electron chi connectivity index (χ0n) is 10.5. The van der Waals surface area contributed by atoms with E-state index in [0.29, 0.717) is 16.5 Å². The number of rotatable bonds is 6. The van der Waals surface area contributed by atoms with Gasteiger partial charge in [0, 0.05) is 6.04 Å². The van der Waals surface area contributed by atoms with Crippen molar-refractivity contribution >= 4 is 28.3 Å². The summed E-state index contributed by atoms with van der Waals surface area (Å²) in [7, 11) is 0. The van der Waals surface area contributed by atoms with Crippen LogP contribution in [0.2, 0.25) is 0 Å². The first kappa shape index (κ1) is 13.8. The molecule has 1 unspecified atom stereocenters. The first-order valence-electron chi connectivity index (χ1n) is 5.73. The first-order chi connectivity index (χ1) is 7.91. The summed E-state index contributed by atoms with van der Waals surface area (Å²) in [6, 6.07) is 0.273. The van der Waals surface area contributed by atoms with Crippen molar-refractivity contribution in [2.75, 3.05) is 11.1 Å². The van der Waals surface area contributed by atoms with Gasteiger partial charge in [0.15, 0.2) is 5.82 Å². The van der Waals surface area contributed by atoms with Crippen LogP contribution in [0.5, 0.6) is 0 Å². The zero-order valence-corrected chi connectivity index (χ0v) is 11.3. The van der Waals surface area contributed by atoms with E-state index in [2.05, 4.69) is 30.5 Å². The maximum absolute atomic E-state index is 11.2. The molecule has 1 aromatic rings. The second-order valence-electron chi connectivity index (χ2n) is 4.65. The SMILES string of the molecule is CC(C)CCC(C)Nc1snc(N)c1C(N)=O. The molecular weight excluding hydrogens is 236 g/mol. The van der Waals surface area contributed by atoms with E-state index in [1.807, 2.05) is 0 Å². The van der Waals surface area contributed by atoms with Crippen LogP contribution in [0.3, 0.4) is 0 Å². The van der Waals surface area contributed by atoms with Gasteiger partial charge in [0.05, 0.1) is 0 Å². The molecule has 1 rings (SSSR count). The van der Waals surface area contributed by atoms with Crippen molar-refractivity contribution in [3.63, 3.8) is 0 Å².